The van der Waals surface area contributed by atoms with Gasteiger partial charge in [-0.1, -0.05) is 6.92 Å². The Hall–Kier alpha value is -0.570. The molecule has 0 rings (SSSR count). The third-order valence-corrected chi connectivity index (χ3v) is 2.96. The minimum absolute atomic E-state index is 0.0262. The monoisotopic (exact) mass is 229 g/mol. The molecule has 0 amide bonds. The van der Waals surface area contributed by atoms with E-state index in [1.165, 1.54) is 0 Å². The smallest absolute Gasteiger partial charge is 0.311 e. The van der Waals surface area contributed by atoms with Crippen molar-refractivity contribution < 1.29 is 9.53 Å². The maximum Gasteiger partial charge on any atom is 0.311 e. The van der Waals surface area contributed by atoms with Gasteiger partial charge >= 0.3 is 5.97 Å². The highest BCUT2D eigenvalue weighted by molar-refractivity contribution is 5.75. The third kappa shape index (κ3) is 6.11. The second kappa shape index (κ2) is 6.89. The summed E-state index contributed by atoms with van der Waals surface area (Å²) in [6.45, 7) is 8.89. The Kier molecular flexibility index (Phi) is 6.65. The number of rotatable bonds is 7. The van der Waals surface area contributed by atoms with Crippen LogP contribution in [-0.2, 0) is 9.53 Å². The van der Waals surface area contributed by atoms with Crippen molar-refractivity contribution >= 4 is 5.97 Å². The lowest BCUT2D eigenvalue weighted by atomic mass is 9.90. The van der Waals surface area contributed by atoms with Crippen LogP contribution in [0.4, 0.5) is 0 Å². The van der Waals surface area contributed by atoms with Gasteiger partial charge in [0, 0.05) is 0 Å². The molecule has 0 aliphatic rings. The molecular formula is C13H27NO2. The summed E-state index contributed by atoms with van der Waals surface area (Å²) >= 11 is 0. The summed E-state index contributed by atoms with van der Waals surface area (Å²) in [5.74, 6) is -0.0765. The van der Waals surface area contributed by atoms with Crippen LogP contribution in [-0.4, -0.2) is 37.6 Å². The van der Waals surface area contributed by atoms with Gasteiger partial charge < -0.3 is 9.64 Å². The van der Waals surface area contributed by atoms with Crippen LogP contribution in [0.3, 0.4) is 0 Å². The first-order valence-electron chi connectivity index (χ1n) is 6.15. The quantitative estimate of drug-likeness (QED) is 0.629. The molecule has 0 N–H and O–H groups in total. The number of hydrogen-bond donors (Lipinski definition) is 0. The fourth-order valence-electron chi connectivity index (χ4n) is 1.24. The summed E-state index contributed by atoms with van der Waals surface area (Å²) in [7, 11) is 4.10. The molecule has 16 heavy (non-hydrogen) atoms. The lowest BCUT2D eigenvalue weighted by molar-refractivity contribution is -0.159. The van der Waals surface area contributed by atoms with Crippen LogP contribution in [0.5, 0.6) is 0 Å². The Bertz CT molecular complexity index is 212. The van der Waals surface area contributed by atoms with Crippen molar-refractivity contribution in [1.82, 2.24) is 4.90 Å². The van der Waals surface area contributed by atoms with Gasteiger partial charge in [0.1, 0.15) is 0 Å². The van der Waals surface area contributed by atoms with Crippen molar-refractivity contribution in [1.29, 1.82) is 0 Å². The Labute approximate surface area is 100 Å². The fraction of sp³-hybridized carbons (Fsp3) is 0.923. The van der Waals surface area contributed by atoms with Gasteiger partial charge in [0.15, 0.2) is 0 Å². The average Bonchev–Trinajstić information content (AvgIpc) is 2.16. The second-order valence-corrected chi connectivity index (χ2v) is 5.40. The van der Waals surface area contributed by atoms with Gasteiger partial charge in [0.2, 0.25) is 0 Å². The molecule has 0 aromatic heterocycles. The number of carbonyl (C=O) groups excluding carboxylic acids is 1. The van der Waals surface area contributed by atoms with Gasteiger partial charge in [-0.15, -0.1) is 0 Å². The molecule has 0 heterocycles. The first kappa shape index (κ1) is 15.4. The maximum atomic E-state index is 11.8. The first-order chi connectivity index (χ1) is 7.29. The van der Waals surface area contributed by atoms with Gasteiger partial charge in [-0.05, 0) is 60.7 Å². The second-order valence-electron chi connectivity index (χ2n) is 5.40. The van der Waals surface area contributed by atoms with Crippen molar-refractivity contribution in [3.8, 4) is 0 Å². The lowest BCUT2D eigenvalue weighted by Gasteiger charge is -2.23. The molecule has 3 nitrogen and oxygen atoms in total. The normalized spacial score (nSPS) is 13.9. The predicted molar refractivity (Wildman–Crippen MR) is 67.4 cm³/mol. The molecule has 0 saturated heterocycles. The zero-order valence-electron chi connectivity index (χ0n) is 11.7. The van der Waals surface area contributed by atoms with E-state index >= 15 is 0 Å². The molecule has 0 bridgehead atoms. The van der Waals surface area contributed by atoms with Gasteiger partial charge in [-0.2, -0.15) is 0 Å². The van der Waals surface area contributed by atoms with Crippen LogP contribution in [0.25, 0.3) is 0 Å². The molecule has 0 aliphatic carbocycles. The standard InChI is InChI=1S/C13H27NO2/c1-7-13(3,4)12(15)16-11(2)9-8-10-14(5)6/h11H,7-10H2,1-6H3. The van der Waals surface area contributed by atoms with E-state index in [1.807, 2.05) is 27.7 Å². The van der Waals surface area contributed by atoms with Crippen molar-refractivity contribution in [3.63, 3.8) is 0 Å². The third-order valence-electron chi connectivity index (χ3n) is 2.96. The highest BCUT2D eigenvalue weighted by Gasteiger charge is 2.28. The number of carbonyl (C=O) groups is 1. The summed E-state index contributed by atoms with van der Waals surface area (Å²) in [4.78, 5) is 13.9. The van der Waals surface area contributed by atoms with Crippen LogP contribution in [0.15, 0.2) is 0 Å². The molecule has 3 heteroatoms. The van der Waals surface area contributed by atoms with Crippen molar-refractivity contribution in [3.05, 3.63) is 0 Å². The first-order valence-corrected chi connectivity index (χ1v) is 6.15. The van der Waals surface area contributed by atoms with Crippen LogP contribution in [0.1, 0.15) is 47.0 Å². The minimum Gasteiger partial charge on any atom is -0.462 e. The van der Waals surface area contributed by atoms with Crippen molar-refractivity contribution in [2.24, 2.45) is 5.41 Å². The van der Waals surface area contributed by atoms with Crippen LogP contribution in [0.2, 0.25) is 0 Å². The van der Waals surface area contributed by atoms with Crippen molar-refractivity contribution in [2.75, 3.05) is 20.6 Å². The van der Waals surface area contributed by atoms with E-state index in [9.17, 15) is 4.79 Å². The van der Waals surface area contributed by atoms with E-state index in [-0.39, 0.29) is 17.5 Å². The molecule has 0 radical (unpaired) electrons. The van der Waals surface area contributed by atoms with Gasteiger partial charge in [-0.3, -0.25) is 4.79 Å². The predicted octanol–water partition coefficient (Wildman–Crippen LogP) is 2.70. The van der Waals surface area contributed by atoms with E-state index in [0.717, 1.165) is 25.8 Å². The van der Waals surface area contributed by atoms with Gasteiger partial charge in [0.25, 0.3) is 0 Å². The van der Waals surface area contributed by atoms with Crippen molar-refractivity contribution in [2.45, 2.75) is 53.1 Å². The van der Waals surface area contributed by atoms with E-state index < -0.39 is 0 Å². The molecule has 0 fully saturated rings. The topological polar surface area (TPSA) is 29.5 Å². The Balaban J connectivity index is 3.87. The fourth-order valence-corrected chi connectivity index (χ4v) is 1.24. The zero-order valence-corrected chi connectivity index (χ0v) is 11.7. The highest BCUT2D eigenvalue weighted by atomic mass is 16.5. The number of esters is 1. The van der Waals surface area contributed by atoms with Crippen LogP contribution < -0.4 is 0 Å². The molecule has 0 saturated carbocycles. The summed E-state index contributed by atoms with van der Waals surface area (Å²) < 4.78 is 5.43. The molecule has 0 aliphatic heterocycles. The Morgan fingerprint density at radius 2 is 1.94 bits per heavy atom. The Morgan fingerprint density at radius 1 is 1.38 bits per heavy atom. The summed E-state index contributed by atoms with van der Waals surface area (Å²) in [6.07, 6.45) is 2.84. The van der Waals surface area contributed by atoms with Crippen LogP contribution in [0, 0.1) is 5.41 Å². The SMILES string of the molecule is CCC(C)(C)C(=O)OC(C)CCCN(C)C. The van der Waals surface area contributed by atoms with E-state index in [2.05, 4.69) is 19.0 Å². The zero-order chi connectivity index (χ0) is 12.8. The van der Waals surface area contributed by atoms with E-state index in [1.54, 1.807) is 0 Å². The molecule has 1 atom stereocenters. The van der Waals surface area contributed by atoms with Gasteiger partial charge in [0.05, 0.1) is 11.5 Å². The maximum absolute atomic E-state index is 11.8. The minimum atomic E-state index is -0.351. The number of hydrogen-bond acceptors (Lipinski definition) is 3. The molecule has 1 unspecified atom stereocenters. The summed E-state index contributed by atoms with van der Waals surface area (Å²) in [6, 6.07) is 0. The largest absolute Gasteiger partial charge is 0.462 e. The number of ether oxygens (including phenoxy) is 1. The summed E-state index contributed by atoms with van der Waals surface area (Å²) in [5, 5.41) is 0. The lowest BCUT2D eigenvalue weighted by Crippen LogP contribution is -2.29. The summed E-state index contributed by atoms with van der Waals surface area (Å²) in [5.41, 5.74) is -0.351. The highest BCUT2D eigenvalue weighted by Crippen LogP contribution is 2.22. The molecule has 0 spiro atoms. The molecule has 0 aromatic rings. The van der Waals surface area contributed by atoms with Crippen LogP contribution >= 0.6 is 0 Å². The number of nitrogens with zero attached hydrogens (tertiary/aromatic N) is 1. The van der Waals surface area contributed by atoms with Gasteiger partial charge in [-0.25, -0.2) is 0 Å². The molecule has 96 valence electrons. The van der Waals surface area contributed by atoms with E-state index in [0.29, 0.717) is 0 Å². The molecule has 0 aromatic carbocycles. The molecular weight excluding hydrogens is 202 g/mol. The van der Waals surface area contributed by atoms with E-state index in [4.69, 9.17) is 4.74 Å². The average molecular weight is 229 g/mol. The Morgan fingerprint density at radius 3 is 2.38 bits per heavy atom.